The van der Waals surface area contributed by atoms with Crippen molar-refractivity contribution in [3.05, 3.63) is 83.4 Å². The number of hydrogen-bond acceptors (Lipinski definition) is 3. The van der Waals surface area contributed by atoms with Crippen molar-refractivity contribution in [1.29, 1.82) is 0 Å². The molecule has 0 saturated heterocycles. The molecular weight excluding hydrogens is 380 g/mol. The molecule has 0 fully saturated rings. The maximum absolute atomic E-state index is 4.60. The Kier molecular flexibility index (Phi) is 5.20. The summed E-state index contributed by atoms with van der Waals surface area (Å²) in [5.41, 5.74) is 6.26. The molecule has 2 aliphatic heterocycles. The Bertz CT molecular complexity index is 1150. The van der Waals surface area contributed by atoms with Crippen LogP contribution in [0, 0.1) is 0 Å². The average Bonchev–Trinajstić information content (AvgIpc) is 3.07. The lowest BCUT2D eigenvalue weighted by atomic mass is 9.82. The molecule has 4 nitrogen and oxygen atoms in total. The Hall–Kier alpha value is -3.01. The Balaban J connectivity index is 1.65. The first-order chi connectivity index (χ1) is 14.7. The number of nitrogens with zero attached hydrogens (tertiary/aromatic N) is 4. The van der Waals surface area contributed by atoms with E-state index in [1.54, 1.807) is 0 Å². The van der Waals surface area contributed by atoms with E-state index >= 15 is 0 Å². The maximum atomic E-state index is 4.60. The van der Waals surface area contributed by atoms with Crippen LogP contribution >= 0.6 is 0 Å². The molecule has 0 radical (unpaired) electrons. The highest BCUT2D eigenvalue weighted by atomic mass is 15.2. The van der Waals surface area contributed by atoms with E-state index in [1.165, 1.54) is 28.1 Å². The first kappa shape index (κ1) is 21.2. The van der Waals surface area contributed by atoms with Gasteiger partial charge in [0.15, 0.2) is 0 Å². The van der Waals surface area contributed by atoms with Crippen LogP contribution < -0.4 is 4.90 Å². The summed E-state index contributed by atoms with van der Waals surface area (Å²) in [4.78, 5) is 11.4. The van der Waals surface area contributed by atoms with E-state index in [-0.39, 0.29) is 10.8 Å². The molecule has 0 bridgehead atoms. The van der Waals surface area contributed by atoms with Gasteiger partial charge >= 0.3 is 5.82 Å². The summed E-state index contributed by atoms with van der Waals surface area (Å²) in [6.45, 7) is 11.3. The monoisotopic (exact) mass is 413 g/mol. The molecule has 2 aromatic heterocycles. The molecule has 2 aliphatic rings. The second-order valence-corrected chi connectivity index (χ2v) is 9.48. The van der Waals surface area contributed by atoms with Gasteiger partial charge in [-0.25, -0.2) is 9.56 Å². The van der Waals surface area contributed by atoms with Gasteiger partial charge in [0.2, 0.25) is 0 Å². The number of anilines is 1. The summed E-state index contributed by atoms with van der Waals surface area (Å²) in [5.74, 6) is 2.10. The molecule has 4 rings (SSSR count). The van der Waals surface area contributed by atoms with E-state index in [0.717, 1.165) is 18.1 Å². The second kappa shape index (κ2) is 7.60. The van der Waals surface area contributed by atoms with Crippen LogP contribution in [0.1, 0.15) is 52.2 Å². The first-order valence-electron chi connectivity index (χ1n) is 11.0. The summed E-state index contributed by atoms with van der Waals surface area (Å²) in [7, 11) is 4.22. The van der Waals surface area contributed by atoms with Crippen molar-refractivity contribution >= 4 is 17.3 Å². The second-order valence-electron chi connectivity index (χ2n) is 9.48. The summed E-state index contributed by atoms with van der Waals surface area (Å²) >= 11 is 0. The van der Waals surface area contributed by atoms with E-state index in [9.17, 15) is 0 Å². The van der Waals surface area contributed by atoms with Crippen molar-refractivity contribution in [2.24, 2.45) is 0 Å². The van der Waals surface area contributed by atoms with Gasteiger partial charge in [0.05, 0.1) is 18.0 Å². The molecule has 2 aromatic rings. The summed E-state index contributed by atoms with van der Waals surface area (Å²) in [6, 6.07) is 8.42. The SMILES string of the molecule is CCC(C=CC1=[N+](C)c2ncccc2C1(C)C)=CC=C1N(C)c2ncccc2C1(C)C. The first-order valence-corrected chi connectivity index (χ1v) is 11.0. The number of fused-ring (bicyclic) bond motifs is 2. The van der Waals surface area contributed by atoms with Crippen molar-refractivity contribution in [3.63, 3.8) is 0 Å². The lowest BCUT2D eigenvalue weighted by Crippen LogP contribution is -2.26. The largest absolute Gasteiger partial charge is 0.332 e. The Morgan fingerprint density at radius 3 is 2.35 bits per heavy atom. The Morgan fingerprint density at radius 2 is 1.71 bits per heavy atom. The highest BCUT2D eigenvalue weighted by Gasteiger charge is 2.42. The van der Waals surface area contributed by atoms with Crippen LogP contribution in [-0.4, -0.2) is 34.4 Å². The molecule has 0 unspecified atom stereocenters. The number of aromatic nitrogens is 2. The van der Waals surface area contributed by atoms with Gasteiger partial charge in [0, 0.05) is 29.9 Å². The van der Waals surface area contributed by atoms with E-state index in [1.807, 2.05) is 24.5 Å². The minimum atomic E-state index is -0.0624. The molecule has 0 aliphatic carbocycles. The minimum absolute atomic E-state index is 0.0624. The van der Waals surface area contributed by atoms with E-state index < -0.39 is 0 Å². The number of pyridine rings is 2. The maximum Gasteiger partial charge on any atom is 0.327 e. The van der Waals surface area contributed by atoms with Crippen molar-refractivity contribution in [2.75, 3.05) is 19.0 Å². The third kappa shape index (κ3) is 3.34. The molecule has 4 heterocycles. The molecular formula is C27H33N4+. The summed E-state index contributed by atoms with van der Waals surface area (Å²) in [6.07, 6.45) is 13.7. The third-order valence-corrected chi connectivity index (χ3v) is 6.88. The Morgan fingerprint density at radius 1 is 1.03 bits per heavy atom. The lowest BCUT2D eigenvalue weighted by molar-refractivity contribution is -0.406. The quantitative estimate of drug-likeness (QED) is 0.477. The predicted molar refractivity (Wildman–Crippen MR) is 129 cm³/mol. The number of hydrogen-bond donors (Lipinski definition) is 0. The van der Waals surface area contributed by atoms with Crippen molar-refractivity contribution in [2.45, 2.75) is 51.9 Å². The standard InChI is InChI=1S/C27H33N4/c1-8-19(13-15-22-26(2,3)20-11-9-17-28-24(20)30(22)6)14-16-23-27(4,5)21-12-10-18-29-25(21)31(23)7/h9-18H,8H2,1-7H3/q+1. The Labute approximate surface area is 186 Å². The van der Waals surface area contributed by atoms with Crippen LogP contribution in [0.15, 0.2) is 72.2 Å². The third-order valence-electron chi connectivity index (χ3n) is 6.88. The van der Waals surface area contributed by atoms with Gasteiger partial charge in [-0.1, -0.05) is 39.0 Å². The van der Waals surface area contributed by atoms with Crippen molar-refractivity contribution in [1.82, 2.24) is 9.97 Å². The zero-order valence-electron chi connectivity index (χ0n) is 19.8. The van der Waals surface area contributed by atoms with Gasteiger partial charge in [-0.15, -0.1) is 0 Å². The van der Waals surface area contributed by atoms with Gasteiger partial charge in [0.1, 0.15) is 17.7 Å². The fourth-order valence-electron chi connectivity index (χ4n) is 4.95. The molecule has 4 heteroatoms. The molecule has 160 valence electrons. The molecule has 31 heavy (non-hydrogen) atoms. The number of likely N-dealkylation sites (N-methyl/N-ethyl adjacent to an activating group) is 1. The normalized spacial score (nSPS) is 20.7. The number of rotatable bonds is 4. The topological polar surface area (TPSA) is 32.0 Å². The number of allylic oxidation sites excluding steroid dienone is 6. The van der Waals surface area contributed by atoms with Crippen LogP contribution in [0.3, 0.4) is 0 Å². The summed E-state index contributed by atoms with van der Waals surface area (Å²) in [5, 5.41) is 0. The van der Waals surface area contributed by atoms with Crippen molar-refractivity contribution < 1.29 is 4.58 Å². The zero-order chi connectivity index (χ0) is 22.4. The molecule has 0 atom stereocenters. The molecule has 0 aromatic carbocycles. The molecule has 0 saturated carbocycles. The predicted octanol–water partition coefficient (Wildman–Crippen LogP) is 5.69. The fourth-order valence-corrected chi connectivity index (χ4v) is 4.95. The molecule has 0 N–H and O–H groups in total. The minimum Gasteiger partial charge on any atom is -0.332 e. The van der Waals surface area contributed by atoms with Crippen LogP contribution in [0.25, 0.3) is 0 Å². The highest BCUT2D eigenvalue weighted by molar-refractivity contribution is 6.02. The molecule has 0 amide bonds. The average molecular weight is 414 g/mol. The van der Waals surface area contributed by atoms with Crippen molar-refractivity contribution in [3.8, 4) is 0 Å². The van der Waals surface area contributed by atoms with E-state index in [4.69, 9.17) is 0 Å². The summed E-state index contributed by atoms with van der Waals surface area (Å²) < 4.78 is 2.22. The van der Waals surface area contributed by atoms with Crippen LogP contribution in [0.2, 0.25) is 0 Å². The van der Waals surface area contributed by atoms with Gasteiger partial charge in [-0.3, -0.25) is 0 Å². The van der Waals surface area contributed by atoms with E-state index in [0.29, 0.717) is 0 Å². The van der Waals surface area contributed by atoms with Crippen LogP contribution in [0.4, 0.5) is 11.6 Å². The van der Waals surface area contributed by atoms with Crippen LogP contribution in [0.5, 0.6) is 0 Å². The molecule has 0 spiro atoms. The van der Waals surface area contributed by atoms with Gasteiger partial charge < -0.3 is 4.90 Å². The van der Waals surface area contributed by atoms with Gasteiger partial charge in [-0.05, 0) is 61.2 Å². The lowest BCUT2D eigenvalue weighted by Gasteiger charge is -2.23. The van der Waals surface area contributed by atoms with Crippen LogP contribution in [-0.2, 0) is 10.8 Å². The van der Waals surface area contributed by atoms with Gasteiger partial charge in [-0.2, -0.15) is 0 Å². The highest BCUT2D eigenvalue weighted by Crippen LogP contribution is 2.45. The smallest absolute Gasteiger partial charge is 0.327 e. The fraction of sp³-hybridized carbons (Fsp3) is 0.370. The van der Waals surface area contributed by atoms with E-state index in [2.05, 4.69) is 105 Å². The van der Waals surface area contributed by atoms with Gasteiger partial charge in [0.25, 0.3) is 0 Å². The zero-order valence-corrected chi connectivity index (χ0v) is 19.8.